The Morgan fingerprint density at radius 2 is 1.67 bits per heavy atom. The van der Waals surface area contributed by atoms with Gasteiger partial charge in [0.25, 0.3) is 0 Å². The van der Waals surface area contributed by atoms with E-state index in [1.54, 1.807) is 0 Å². The summed E-state index contributed by atoms with van der Waals surface area (Å²) in [6, 6.07) is 10.3. The molecule has 1 aliphatic rings. The third kappa shape index (κ3) is 3.37. The number of allylic oxidation sites excluding steroid dienone is 2. The SMILES string of the molecule is C1=CCC(OCc2ccccc2)CC=C1. The van der Waals surface area contributed by atoms with E-state index >= 15 is 0 Å². The van der Waals surface area contributed by atoms with E-state index in [1.807, 2.05) is 18.2 Å². The quantitative estimate of drug-likeness (QED) is 0.725. The minimum absolute atomic E-state index is 0.334. The van der Waals surface area contributed by atoms with Gasteiger partial charge in [-0.3, -0.25) is 0 Å². The summed E-state index contributed by atoms with van der Waals surface area (Å²) < 4.78 is 5.85. The number of ether oxygens (including phenoxy) is 1. The molecule has 0 spiro atoms. The lowest BCUT2D eigenvalue weighted by atomic mass is 10.2. The van der Waals surface area contributed by atoms with Gasteiger partial charge in [-0.1, -0.05) is 54.6 Å². The van der Waals surface area contributed by atoms with Crippen molar-refractivity contribution in [3.05, 3.63) is 60.2 Å². The van der Waals surface area contributed by atoms with Crippen LogP contribution in [0.15, 0.2) is 54.6 Å². The monoisotopic (exact) mass is 200 g/mol. The van der Waals surface area contributed by atoms with Crippen molar-refractivity contribution in [2.45, 2.75) is 25.6 Å². The van der Waals surface area contributed by atoms with Gasteiger partial charge in [-0.2, -0.15) is 0 Å². The van der Waals surface area contributed by atoms with Crippen LogP contribution in [0.2, 0.25) is 0 Å². The maximum Gasteiger partial charge on any atom is 0.0720 e. The molecule has 1 aromatic carbocycles. The number of benzene rings is 1. The predicted molar refractivity (Wildman–Crippen MR) is 62.5 cm³/mol. The van der Waals surface area contributed by atoms with Crippen molar-refractivity contribution in [2.24, 2.45) is 0 Å². The van der Waals surface area contributed by atoms with Crippen molar-refractivity contribution in [1.82, 2.24) is 0 Å². The van der Waals surface area contributed by atoms with Crippen molar-refractivity contribution < 1.29 is 4.74 Å². The first-order valence-electron chi connectivity index (χ1n) is 5.42. The molecule has 0 heterocycles. The van der Waals surface area contributed by atoms with Crippen molar-refractivity contribution in [3.8, 4) is 0 Å². The van der Waals surface area contributed by atoms with Gasteiger partial charge in [-0.25, -0.2) is 0 Å². The Labute approximate surface area is 91.1 Å². The number of hydrogen-bond acceptors (Lipinski definition) is 1. The Morgan fingerprint density at radius 1 is 1.00 bits per heavy atom. The van der Waals surface area contributed by atoms with Crippen LogP contribution in [0.3, 0.4) is 0 Å². The third-order valence-corrected chi connectivity index (χ3v) is 2.51. The molecule has 2 rings (SSSR count). The molecule has 0 N–H and O–H groups in total. The zero-order valence-electron chi connectivity index (χ0n) is 8.80. The van der Waals surface area contributed by atoms with E-state index < -0.39 is 0 Å². The summed E-state index contributed by atoms with van der Waals surface area (Å²) in [5.74, 6) is 0. The summed E-state index contributed by atoms with van der Waals surface area (Å²) in [5.41, 5.74) is 1.25. The molecule has 0 fully saturated rings. The first-order chi connectivity index (χ1) is 7.45. The molecule has 0 saturated carbocycles. The molecule has 0 aromatic heterocycles. The molecule has 15 heavy (non-hydrogen) atoms. The van der Waals surface area contributed by atoms with Crippen LogP contribution in [0.5, 0.6) is 0 Å². The van der Waals surface area contributed by atoms with Gasteiger partial charge in [0.05, 0.1) is 12.7 Å². The molecule has 0 unspecified atom stereocenters. The maximum absolute atomic E-state index is 5.85. The van der Waals surface area contributed by atoms with Crippen LogP contribution in [-0.4, -0.2) is 6.10 Å². The average molecular weight is 200 g/mol. The van der Waals surface area contributed by atoms with E-state index in [-0.39, 0.29) is 0 Å². The first-order valence-corrected chi connectivity index (χ1v) is 5.42. The van der Waals surface area contributed by atoms with E-state index in [9.17, 15) is 0 Å². The minimum Gasteiger partial charge on any atom is -0.373 e. The zero-order chi connectivity index (χ0) is 10.3. The van der Waals surface area contributed by atoms with Gasteiger partial charge in [0.2, 0.25) is 0 Å². The largest absolute Gasteiger partial charge is 0.373 e. The van der Waals surface area contributed by atoms with Gasteiger partial charge in [-0.15, -0.1) is 0 Å². The average Bonchev–Trinajstić information content (AvgIpc) is 2.56. The smallest absolute Gasteiger partial charge is 0.0720 e. The van der Waals surface area contributed by atoms with E-state index in [1.165, 1.54) is 5.56 Å². The highest BCUT2D eigenvalue weighted by molar-refractivity contribution is 5.13. The number of hydrogen-bond donors (Lipinski definition) is 0. The van der Waals surface area contributed by atoms with Crippen molar-refractivity contribution in [1.29, 1.82) is 0 Å². The van der Waals surface area contributed by atoms with Crippen molar-refractivity contribution in [3.63, 3.8) is 0 Å². The molecule has 0 atom stereocenters. The number of rotatable bonds is 3. The summed E-state index contributed by atoms with van der Waals surface area (Å²) in [7, 11) is 0. The van der Waals surface area contributed by atoms with Gasteiger partial charge in [0, 0.05) is 0 Å². The van der Waals surface area contributed by atoms with Gasteiger partial charge in [0.1, 0.15) is 0 Å². The highest BCUT2D eigenvalue weighted by atomic mass is 16.5. The van der Waals surface area contributed by atoms with Gasteiger partial charge in [-0.05, 0) is 18.4 Å². The van der Waals surface area contributed by atoms with Crippen LogP contribution >= 0.6 is 0 Å². The van der Waals surface area contributed by atoms with Crippen LogP contribution in [0, 0.1) is 0 Å². The van der Waals surface area contributed by atoms with Crippen molar-refractivity contribution in [2.75, 3.05) is 0 Å². The van der Waals surface area contributed by atoms with Crippen LogP contribution in [-0.2, 0) is 11.3 Å². The molecule has 1 aliphatic carbocycles. The van der Waals surface area contributed by atoms with Gasteiger partial charge >= 0.3 is 0 Å². The lowest BCUT2D eigenvalue weighted by Crippen LogP contribution is -2.10. The predicted octanol–water partition coefficient (Wildman–Crippen LogP) is 3.48. The van der Waals surface area contributed by atoms with E-state index in [0.29, 0.717) is 12.7 Å². The van der Waals surface area contributed by atoms with Gasteiger partial charge < -0.3 is 4.74 Å². The van der Waals surface area contributed by atoms with Crippen LogP contribution in [0.4, 0.5) is 0 Å². The highest BCUT2D eigenvalue weighted by Crippen LogP contribution is 2.12. The fourth-order valence-corrected chi connectivity index (χ4v) is 1.64. The summed E-state index contributed by atoms with van der Waals surface area (Å²) in [5, 5.41) is 0. The molecule has 0 aliphatic heterocycles. The van der Waals surface area contributed by atoms with Gasteiger partial charge in [0.15, 0.2) is 0 Å². The zero-order valence-corrected chi connectivity index (χ0v) is 8.80. The molecular formula is C14H16O. The lowest BCUT2D eigenvalue weighted by Gasteiger charge is -2.13. The molecule has 78 valence electrons. The Kier molecular flexibility index (Phi) is 3.75. The molecule has 0 saturated heterocycles. The molecule has 0 radical (unpaired) electrons. The Bertz CT molecular complexity index is 324. The molecule has 1 heteroatoms. The van der Waals surface area contributed by atoms with Crippen molar-refractivity contribution >= 4 is 0 Å². The Balaban J connectivity index is 1.83. The lowest BCUT2D eigenvalue weighted by molar-refractivity contribution is 0.0450. The molecular weight excluding hydrogens is 184 g/mol. The summed E-state index contributed by atoms with van der Waals surface area (Å²) >= 11 is 0. The second-order valence-corrected chi connectivity index (χ2v) is 3.75. The fourth-order valence-electron chi connectivity index (χ4n) is 1.64. The maximum atomic E-state index is 5.85. The Morgan fingerprint density at radius 3 is 2.33 bits per heavy atom. The second-order valence-electron chi connectivity index (χ2n) is 3.75. The van der Waals surface area contributed by atoms with E-state index in [0.717, 1.165) is 12.8 Å². The summed E-state index contributed by atoms with van der Waals surface area (Å²) in [6.07, 6.45) is 10.9. The third-order valence-electron chi connectivity index (χ3n) is 2.51. The second kappa shape index (κ2) is 5.52. The van der Waals surface area contributed by atoms with Crippen LogP contribution < -0.4 is 0 Å². The van der Waals surface area contributed by atoms with E-state index in [2.05, 4.69) is 36.4 Å². The Hall–Kier alpha value is -1.34. The highest BCUT2D eigenvalue weighted by Gasteiger charge is 2.06. The fraction of sp³-hybridized carbons (Fsp3) is 0.286. The normalized spacial score (nSPS) is 16.5. The standard InChI is InChI=1S/C14H16O/c1-2-7-11-14(10-6-1)15-12-13-8-4-3-5-9-13/h1-9,14H,10-12H2. The molecule has 0 bridgehead atoms. The summed E-state index contributed by atoms with van der Waals surface area (Å²) in [4.78, 5) is 0. The summed E-state index contributed by atoms with van der Waals surface area (Å²) in [6.45, 7) is 0.715. The van der Waals surface area contributed by atoms with Crippen LogP contribution in [0.25, 0.3) is 0 Å². The molecule has 1 nitrogen and oxygen atoms in total. The minimum atomic E-state index is 0.334. The molecule has 1 aromatic rings. The van der Waals surface area contributed by atoms with Crippen LogP contribution in [0.1, 0.15) is 18.4 Å². The van der Waals surface area contributed by atoms with E-state index in [4.69, 9.17) is 4.74 Å². The first kappa shape index (κ1) is 10.2. The topological polar surface area (TPSA) is 9.23 Å². The molecule has 0 amide bonds.